The zero-order valence-corrected chi connectivity index (χ0v) is 12.6. The number of halogens is 1. The molecule has 1 atom stereocenters. The molecule has 0 saturated carbocycles. The third-order valence-corrected chi connectivity index (χ3v) is 3.20. The van der Waals surface area contributed by atoms with E-state index in [9.17, 15) is 0 Å². The third kappa shape index (κ3) is 5.05. The van der Waals surface area contributed by atoms with E-state index in [1.165, 1.54) is 0 Å². The fourth-order valence-electron chi connectivity index (χ4n) is 1.78. The highest BCUT2D eigenvalue weighted by atomic mass is 35.5. The van der Waals surface area contributed by atoms with Crippen LogP contribution in [0, 0.1) is 0 Å². The molecule has 0 heterocycles. The summed E-state index contributed by atoms with van der Waals surface area (Å²) in [5.74, 6) is 0. The van der Waals surface area contributed by atoms with Gasteiger partial charge in [-0.3, -0.25) is 10.7 Å². The lowest BCUT2D eigenvalue weighted by atomic mass is 10.2. The van der Waals surface area contributed by atoms with E-state index in [0.717, 1.165) is 11.3 Å². The molecule has 5 nitrogen and oxygen atoms in total. The van der Waals surface area contributed by atoms with Gasteiger partial charge in [0.15, 0.2) is 0 Å². The predicted octanol–water partition coefficient (Wildman–Crippen LogP) is 3.57. The van der Waals surface area contributed by atoms with Crippen LogP contribution in [0.4, 0.5) is 11.4 Å². The molecular formula is C16H18ClN3O2. The zero-order valence-electron chi connectivity index (χ0n) is 11.9. The zero-order chi connectivity index (χ0) is 15.8. The molecule has 6 heteroatoms. The monoisotopic (exact) mass is 319 g/mol. The average molecular weight is 320 g/mol. The quantitative estimate of drug-likeness (QED) is 0.463. The Hall–Kier alpha value is -2.05. The number of hydrogen-bond acceptors (Lipinski definition) is 5. The summed E-state index contributed by atoms with van der Waals surface area (Å²) < 4.78 is 5.51. The van der Waals surface area contributed by atoms with E-state index >= 15 is 0 Å². The van der Waals surface area contributed by atoms with Gasteiger partial charge in [0, 0.05) is 22.5 Å². The molecule has 0 bridgehead atoms. The van der Waals surface area contributed by atoms with Crippen molar-refractivity contribution in [2.45, 2.75) is 12.8 Å². The number of anilines is 2. The summed E-state index contributed by atoms with van der Waals surface area (Å²) in [5.41, 5.74) is 10.3. The molecule has 0 spiro atoms. The molecule has 0 radical (unpaired) electrons. The summed E-state index contributed by atoms with van der Waals surface area (Å²) in [7, 11) is 0. The van der Waals surface area contributed by atoms with Crippen molar-refractivity contribution in [3.63, 3.8) is 0 Å². The van der Waals surface area contributed by atoms with Gasteiger partial charge in [-0.2, -0.15) is 0 Å². The normalized spacial score (nSPS) is 12.3. The molecule has 0 fully saturated rings. The molecular weight excluding hydrogens is 302 g/mol. The minimum atomic E-state index is -0.563. The average Bonchev–Trinajstić information content (AvgIpc) is 2.55. The van der Waals surface area contributed by atoms with Crippen molar-refractivity contribution in [2.24, 2.45) is 5.73 Å². The van der Waals surface area contributed by atoms with Gasteiger partial charge in [0.25, 0.3) is 0 Å². The topological polar surface area (TPSA) is 79.5 Å². The highest BCUT2D eigenvalue weighted by Gasteiger charge is 2.03. The molecule has 1 unspecified atom stereocenters. The van der Waals surface area contributed by atoms with Crippen LogP contribution < -0.4 is 16.5 Å². The first-order chi connectivity index (χ1) is 10.7. The molecule has 0 aliphatic heterocycles. The Labute approximate surface area is 134 Å². The molecule has 0 saturated heterocycles. The van der Waals surface area contributed by atoms with Crippen LogP contribution in [0.3, 0.4) is 0 Å². The number of hydrogen-bond donors (Lipinski definition) is 4. The first-order valence-electron chi connectivity index (χ1n) is 6.73. The summed E-state index contributed by atoms with van der Waals surface area (Å²) >= 11 is 5.81. The Morgan fingerprint density at radius 2 is 1.91 bits per heavy atom. The lowest BCUT2D eigenvalue weighted by Gasteiger charge is -2.12. The maximum Gasteiger partial charge on any atom is 0.126 e. The van der Waals surface area contributed by atoms with E-state index < -0.39 is 6.23 Å². The van der Waals surface area contributed by atoms with Gasteiger partial charge in [0.2, 0.25) is 0 Å². The maximum absolute atomic E-state index is 9.00. The van der Waals surface area contributed by atoms with E-state index in [1.54, 1.807) is 30.5 Å². The standard InChI is InChI=1S/C16H18ClN3O2/c17-13-5-7-14(8-6-13)19-10-9-16(18)22-11-12-3-1-2-4-15(12)20-21/h1-10,16,19-21H,11,18H2/b10-9-. The molecule has 2 rings (SSSR count). The van der Waals surface area contributed by atoms with Crippen LogP contribution in [0.5, 0.6) is 0 Å². The van der Waals surface area contributed by atoms with Crippen molar-refractivity contribution in [3.05, 3.63) is 71.4 Å². The summed E-state index contributed by atoms with van der Waals surface area (Å²) in [6.07, 6.45) is 2.85. The van der Waals surface area contributed by atoms with Crippen LogP contribution in [0.1, 0.15) is 5.56 Å². The molecule has 2 aromatic carbocycles. The lowest BCUT2D eigenvalue weighted by Crippen LogP contribution is -2.21. The molecule has 2 aromatic rings. The smallest absolute Gasteiger partial charge is 0.126 e. The molecule has 22 heavy (non-hydrogen) atoms. The van der Waals surface area contributed by atoms with Crippen LogP contribution >= 0.6 is 11.6 Å². The van der Waals surface area contributed by atoms with Gasteiger partial charge in [-0.25, -0.2) is 0 Å². The van der Waals surface area contributed by atoms with Gasteiger partial charge >= 0.3 is 0 Å². The fraction of sp³-hybridized carbons (Fsp3) is 0.125. The van der Waals surface area contributed by atoms with E-state index in [4.69, 9.17) is 27.3 Å². The van der Waals surface area contributed by atoms with Crippen molar-refractivity contribution in [1.29, 1.82) is 0 Å². The van der Waals surface area contributed by atoms with E-state index in [1.807, 2.05) is 30.3 Å². The van der Waals surface area contributed by atoms with Crippen LogP contribution in [0.25, 0.3) is 0 Å². The largest absolute Gasteiger partial charge is 0.362 e. The van der Waals surface area contributed by atoms with E-state index in [2.05, 4.69) is 10.8 Å². The third-order valence-electron chi connectivity index (χ3n) is 2.95. The molecule has 5 N–H and O–H groups in total. The number of ether oxygens (including phenoxy) is 1. The van der Waals surface area contributed by atoms with Crippen molar-refractivity contribution in [3.8, 4) is 0 Å². The Morgan fingerprint density at radius 3 is 2.64 bits per heavy atom. The number of benzene rings is 2. The van der Waals surface area contributed by atoms with Crippen LogP contribution in [-0.2, 0) is 11.3 Å². The Morgan fingerprint density at radius 1 is 1.18 bits per heavy atom. The first-order valence-corrected chi connectivity index (χ1v) is 7.11. The van der Waals surface area contributed by atoms with Gasteiger partial charge in [0.05, 0.1) is 12.3 Å². The van der Waals surface area contributed by atoms with Gasteiger partial charge in [-0.05, 0) is 36.4 Å². The Bertz CT molecular complexity index is 617. The predicted molar refractivity (Wildman–Crippen MR) is 88.8 cm³/mol. The fourth-order valence-corrected chi connectivity index (χ4v) is 1.91. The molecule has 0 aromatic heterocycles. The minimum absolute atomic E-state index is 0.288. The molecule has 0 aliphatic rings. The Kier molecular flexibility index (Phi) is 6.24. The first kappa shape index (κ1) is 16.3. The summed E-state index contributed by atoms with van der Waals surface area (Å²) in [6, 6.07) is 14.6. The second-order valence-electron chi connectivity index (χ2n) is 4.55. The van der Waals surface area contributed by atoms with Gasteiger partial charge < -0.3 is 15.8 Å². The lowest BCUT2D eigenvalue weighted by molar-refractivity contribution is 0.0764. The van der Waals surface area contributed by atoms with Gasteiger partial charge in [-0.15, -0.1) is 0 Å². The minimum Gasteiger partial charge on any atom is -0.362 e. The van der Waals surface area contributed by atoms with Crippen LogP contribution in [0.2, 0.25) is 5.02 Å². The van der Waals surface area contributed by atoms with E-state index in [-0.39, 0.29) is 6.61 Å². The number of nitrogens with two attached hydrogens (primary N) is 1. The summed E-state index contributed by atoms with van der Waals surface area (Å²) in [6.45, 7) is 0.288. The molecule has 0 amide bonds. The van der Waals surface area contributed by atoms with Crippen molar-refractivity contribution in [2.75, 3.05) is 10.8 Å². The van der Waals surface area contributed by atoms with Crippen molar-refractivity contribution >= 4 is 23.0 Å². The summed E-state index contributed by atoms with van der Waals surface area (Å²) in [4.78, 5) is 0. The van der Waals surface area contributed by atoms with E-state index in [0.29, 0.717) is 10.7 Å². The van der Waals surface area contributed by atoms with Gasteiger partial charge in [0.1, 0.15) is 6.23 Å². The van der Waals surface area contributed by atoms with Crippen LogP contribution in [0.15, 0.2) is 60.8 Å². The second kappa shape index (κ2) is 8.41. The number of para-hydroxylation sites is 1. The van der Waals surface area contributed by atoms with Gasteiger partial charge in [-0.1, -0.05) is 29.8 Å². The van der Waals surface area contributed by atoms with Crippen molar-refractivity contribution in [1.82, 2.24) is 0 Å². The second-order valence-corrected chi connectivity index (χ2v) is 4.99. The molecule has 0 aliphatic carbocycles. The number of rotatable bonds is 7. The maximum atomic E-state index is 9.00. The summed E-state index contributed by atoms with van der Waals surface area (Å²) in [5, 5.41) is 12.8. The Balaban J connectivity index is 1.81. The van der Waals surface area contributed by atoms with Crippen molar-refractivity contribution < 1.29 is 9.94 Å². The van der Waals surface area contributed by atoms with Crippen LogP contribution in [-0.4, -0.2) is 11.4 Å². The highest BCUT2D eigenvalue weighted by molar-refractivity contribution is 6.30. The SMILES string of the molecule is NC(/C=C\Nc1ccc(Cl)cc1)OCc1ccccc1NO. The molecule has 116 valence electrons. The highest BCUT2D eigenvalue weighted by Crippen LogP contribution is 2.16. The number of nitrogens with one attached hydrogen (secondary N) is 2.